The van der Waals surface area contributed by atoms with Crippen LogP contribution in [0, 0.1) is 10.1 Å². The van der Waals surface area contributed by atoms with Crippen LogP contribution in [-0.4, -0.2) is 44.7 Å². The zero-order chi connectivity index (χ0) is 22.0. The molecule has 0 amide bonds. The number of fused-ring (bicyclic) bond motifs is 1. The van der Waals surface area contributed by atoms with Crippen molar-refractivity contribution in [2.45, 2.75) is 0 Å². The van der Waals surface area contributed by atoms with E-state index in [4.69, 9.17) is 4.74 Å². The van der Waals surface area contributed by atoms with E-state index in [1.807, 2.05) is 24.4 Å². The number of methoxy groups -OCH3 is 2. The summed E-state index contributed by atoms with van der Waals surface area (Å²) in [6.45, 7) is 0. The van der Waals surface area contributed by atoms with E-state index in [-0.39, 0.29) is 22.9 Å². The third-order valence-corrected chi connectivity index (χ3v) is 4.52. The largest absolute Gasteiger partial charge is 0.495 e. The summed E-state index contributed by atoms with van der Waals surface area (Å²) in [5.74, 6) is -0.468. The van der Waals surface area contributed by atoms with Crippen molar-refractivity contribution in [2.24, 2.45) is 0 Å². The number of carbonyl (C=O) groups excluding carboxylic acids is 1. The highest BCUT2D eigenvalue weighted by molar-refractivity contribution is 5.96. The van der Waals surface area contributed by atoms with Crippen LogP contribution in [-0.2, 0) is 4.74 Å². The van der Waals surface area contributed by atoms with Crippen molar-refractivity contribution in [1.82, 2.24) is 19.6 Å². The van der Waals surface area contributed by atoms with E-state index in [0.717, 1.165) is 18.2 Å². The van der Waals surface area contributed by atoms with Crippen LogP contribution >= 0.6 is 0 Å². The molecular formula is C20H16N6O5. The predicted molar refractivity (Wildman–Crippen MR) is 110 cm³/mol. The van der Waals surface area contributed by atoms with Crippen molar-refractivity contribution < 1.29 is 19.2 Å². The van der Waals surface area contributed by atoms with E-state index in [1.165, 1.54) is 19.2 Å². The number of aromatic nitrogens is 4. The molecule has 11 nitrogen and oxygen atoms in total. The number of nitrogens with zero attached hydrogens (tertiary/aromatic N) is 5. The number of nitro benzene ring substituents is 1. The zero-order valence-corrected chi connectivity index (χ0v) is 16.5. The van der Waals surface area contributed by atoms with Crippen LogP contribution in [0.25, 0.3) is 16.8 Å². The minimum Gasteiger partial charge on any atom is -0.495 e. The van der Waals surface area contributed by atoms with Crippen LogP contribution in [0.15, 0.2) is 55.0 Å². The number of hydrogen-bond donors (Lipinski definition) is 1. The van der Waals surface area contributed by atoms with E-state index in [0.29, 0.717) is 5.69 Å². The summed E-state index contributed by atoms with van der Waals surface area (Å²) in [6.07, 6.45) is 5.07. The van der Waals surface area contributed by atoms with E-state index in [1.54, 1.807) is 23.0 Å². The molecule has 0 aliphatic carbocycles. The Kier molecular flexibility index (Phi) is 5.14. The average molecular weight is 420 g/mol. The smallest absolute Gasteiger partial charge is 0.345 e. The Morgan fingerprint density at radius 3 is 2.81 bits per heavy atom. The Morgan fingerprint density at radius 1 is 1.23 bits per heavy atom. The molecule has 31 heavy (non-hydrogen) atoms. The van der Waals surface area contributed by atoms with E-state index >= 15 is 0 Å². The topological polar surface area (TPSA) is 134 Å². The Labute approximate surface area is 175 Å². The van der Waals surface area contributed by atoms with Gasteiger partial charge in [-0.2, -0.15) is 5.10 Å². The zero-order valence-electron chi connectivity index (χ0n) is 16.5. The van der Waals surface area contributed by atoms with Gasteiger partial charge in [0.2, 0.25) is 5.95 Å². The maximum absolute atomic E-state index is 11.9. The van der Waals surface area contributed by atoms with Gasteiger partial charge in [-0.1, -0.05) is 6.07 Å². The highest BCUT2D eigenvalue weighted by Gasteiger charge is 2.25. The molecule has 11 heteroatoms. The van der Waals surface area contributed by atoms with Crippen molar-refractivity contribution in [3.8, 4) is 17.0 Å². The lowest BCUT2D eigenvalue weighted by Gasteiger charge is -2.12. The first kappa shape index (κ1) is 19.8. The fourth-order valence-electron chi connectivity index (χ4n) is 3.08. The van der Waals surface area contributed by atoms with E-state index < -0.39 is 16.6 Å². The first-order valence-electron chi connectivity index (χ1n) is 8.99. The van der Waals surface area contributed by atoms with Crippen LogP contribution in [0.1, 0.15) is 10.4 Å². The average Bonchev–Trinajstić information content (AvgIpc) is 3.22. The number of nitrogens with one attached hydrogen (secondary N) is 1. The molecule has 0 radical (unpaired) electrons. The van der Waals surface area contributed by atoms with Gasteiger partial charge in [0.15, 0.2) is 0 Å². The van der Waals surface area contributed by atoms with Crippen molar-refractivity contribution in [3.63, 3.8) is 0 Å². The number of rotatable bonds is 6. The summed E-state index contributed by atoms with van der Waals surface area (Å²) >= 11 is 0. The fourth-order valence-corrected chi connectivity index (χ4v) is 3.08. The summed E-state index contributed by atoms with van der Waals surface area (Å²) in [7, 11) is 2.52. The molecule has 0 saturated heterocycles. The Bertz CT molecular complexity index is 1300. The van der Waals surface area contributed by atoms with E-state index in [9.17, 15) is 14.9 Å². The molecule has 0 bridgehead atoms. The summed E-state index contributed by atoms with van der Waals surface area (Å²) in [5, 5.41) is 18.7. The van der Waals surface area contributed by atoms with Crippen LogP contribution in [0.3, 0.4) is 0 Å². The number of hydrogen-bond acceptors (Lipinski definition) is 9. The molecule has 4 rings (SSSR count). The molecule has 0 spiro atoms. The molecule has 0 fully saturated rings. The minimum atomic E-state index is -0.845. The van der Waals surface area contributed by atoms with Gasteiger partial charge < -0.3 is 14.8 Å². The third kappa shape index (κ3) is 3.71. The second-order valence-electron chi connectivity index (χ2n) is 6.30. The number of benzene rings is 1. The molecule has 3 heterocycles. The molecule has 4 aromatic rings. The van der Waals surface area contributed by atoms with Crippen molar-refractivity contribution in [1.29, 1.82) is 0 Å². The number of nitro groups is 1. The first-order valence-corrected chi connectivity index (χ1v) is 8.99. The maximum Gasteiger partial charge on any atom is 0.345 e. The molecule has 156 valence electrons. The molecule has 0 atom stereocenters. The number of ether oxygens (including phenoxy) is 2. The Balaban J connectivity index is 1.74. The van der Waals surface area contributed by atoms with Crippen molar-refractivity contribution in [2.75, 3.05) is 19.5 Å². The Hall–Kier alpha value is -4.54. The highest BCUT2D eigenvalue weighted by atomic mass is 16.6. The lowest BCUT2D eigenvalue weighted by molar-refractivity contribution is -0.385. The first-order chi connectivity index (χ1) is 15.0. The van der Waals surface area contributed by atoms with Gasteiger partial charge in [0.1, 0.15) is 11.3 Å². The van der Waals surface area contributed by atoms with Gasteiger partial charge in [-0.3, -0.25) is 10.1 Å². The SMILES string of the molecule is COC(=O)c1cc(OC)c(Nc2nccc(-c3cnn4ccccc34)n2)cc1[N+](=O)[O-]. The highest BCUT2D eigenvalue weighted by Crippen LogP contribution is 2.35. The van der Waals surface area contributed by atoms with Crippen LogP contribution in [0.4, 0.5) is 17.3 Å². The quantitative estimate of drug-likeness (QED) is 0.283. The monoisotopic (exact) mass is 420 g/mol. The fraction of sp³-hybridized carbons (Fsp3) is 0.100. The lowest BCUT2D eigenvalue weighted by atomic mass is 10.1. The van der Waals surface area contributed by atoms with Gasteiger partial charge >= 0.3 is 5.97 Å². The summed E-state index contributed by atoms with van der Waals surface area (Å²) in [4.78, 5) is 31.4. The van der Waals surface area contributed by atoms with Gasteiger partial charge in [0, 0.05) is 30.1 Å². The molecule has 0 unspecified atom stereocenters. The molecule has 1 N–H and O–H groups in total. The standard InChI is InChI=1S/C20H16N6O5/c1-30-18-9-12(19(27)31-2)17(26(28)29)10-15(18)24-20-21-7-6-14(23-20)13-11-22-25-8-4-3-5-16(13)25/h3-11H,1-2H3,(H,21,23,24). The van der Waals surface area contributed by atoms with Gasteiger partial charge in [-0.05, 0) is 18.2 Å². The van der Waals surface area contributed by atoms with Crippen molar-refractivity contribution >= 4 is 28.8 Å². The van der Waals surface area contributed by atoms with Gasteiger partial charge in [-0.15, -0.1) is 0 Å². The molecule has 0 aliphatic rings. The van der Waals surface area contributed by atoms with Crippen LogP contribution in [0.5, 0.6) is 5.75 Å². The lowest BCUT2D eigenvalue weighted by Crippen LogP contribution is -2.08. The maximum atomic E-state index is 11.9. The summed E-state index contributed by atoms with van der Waals surface area (Å²) in [5.41, 5.74) is 1.83. The summed E-state index contributed by atoms with van der Waals surface area (Å²) < 4.78 is 11.6. The number of pyridine rings is 1. The predicted octanol–water partition coefficient (Wildman–Crippen LogP) is 3.24. The van der Waals surface area contributed by atoms with Crippen LogP contribution in [0.2, 0.25) is 0 Å². The number of carbonyl (C=O) groups is 1. The van der Waals surface area contributed by atoms with E-state index in [2.05, 4.69) is 25.1 Å². The molecule has 1 aromatic carbocycles. The van der Waals surface area contributed by atoms with Gasteiger partial charge in [0.05, 0.1) is 42.2 Å². The molecular weight excluding hydrogens is 404 g/mol. The molecule has 3 aromatic heterocycles. The minimum absolute atomic E-state index is 0.186. The second-order valence-corrected chi connectivity index (χ2v) is 6.30. The molecule has 0 aliphatic heterocycles. The number of anilines is 2. The van der Waals surface area contributed by atoms with Crippen molar-refractivity contribution in [3.05, 3.63) is 70.7 Å². The molecule has 0 saturated carbocycles. The summed E-state index contributed by atoms with van der Waals surface area (Å²) in [6, 6.07) is 9.82. The Morgan fingerprint density at radius 2 is 2.06 bits per heavy atom. The number of esters is 1. The third-order valence-electron chi connectivity index (χ3n) is 4.52. The van der Waals surface area contributed by atoms with Gasteiger partial charge in [-0.25, -0.2) is 19.3 Å². The van der Waals surface area contributed by atoms with Crippen LogP contribution < -0.4 is 10.1 Å². The normalized spacial score (nSPS) is 10.6. The van der Waals surface area contributed by atoms with Gasteiger partial charge in [0.25, 0.3) is 5.69 Å². The second kappa shape index (κ2) is 8.06.